The first-order valence-corrected chi connectivity index (χ1v) is 5.52. The fourth-order valence-electron chi connectivity index (χ4n) is 1.54. The van der Waals surface area contributed by atoms with Crippen molar-refractivity contribution >= 4 is 0 Å². The van der Waals surface area contributed by atoms with Gasteiger partial charge in [0, 0.05) is 0 Å². The first kappa shape index (κ1) is 12.2. The predicted octanol–water partition coefficient (Wildman–Crippen LogP) is 2.61. The van der Waals surface area contributed by atoms with Crippen molar-refractivity contribution in [2.24, 2.45) is 0 Å². The second-order valence-electron chi connectivity index (χ2n) is 4.16. The molecule has 3 atom stereocenters. The summed E-state index contributed by atoms with van der Waals surface area (Å²) in [6.07, 6.45) is -0.395. The zero-order chi connectivity index (χ0) is 11.4. The average molecular weight is 208 g/mol. The second kappa shape index (κ2) is 5.29. The molecule has 0 aliphatic rings. The number of rotatable bonds is 4. The van der Waals surface area contributed by atoms with Gasteiger partial charge in [0.1, 0.15) is 6.10 Å². The quantitative estimate of drug-likeness (QED) is 0.798. The van der Waals surface area contributed by atoms with Crippen molar-refractivity contribution in [3.05, 3.63) is 35.4 Å². The summed E-state index contributed by atoms with van der Waals surface area (Å²) in [5, 5.41) is 18.9. The normalized spacial score (nSPS) is 17.1. The Morgan fingerprint density at radius 3 is 1.87 bits per heavy atom. The number of hydrogen-bond donors (Lipinski definition) is 2. The van der Waals surface area contributed by atoms with Gasteiger partial charge < -0.3 is 10.2 Å². The highest BCUT2D eigenvalue weighted by atomic mass is 16.3. The molecule has 15 heavy (non-hydrogen) atoms. The van der Waals surface area contributed by atoms with Crippen LogP contribution < -0.4 is 0 Å². The summed E-state index contributed by atoms with van der Waals surface area (Å²) >= 11 is 0. The smallest absolute Gasteiger partial charge is 0.105 e. The van der Waals surface area contributed by atoms with Gasteiger partial charge in [-0.1, -0.05) is 38.1 Å². The monoisotopic (exact) mass is 208 g/mol. The molecular formula is C13H20O2. The molecule has 0 unspecified atom stereocenters. The molecule has 0 saturated heterocycles. The summed E-state index contributed by atoms with van der Waals surface area (Å²) in [6.45, 7) is 5.93. The van der Waals surface area contributed by atoms with Crippen LogP contribution in [-0.2, 0) is 0 Å². The molecule has 0 saturated carbocycles. The molecule has 0 heterocycles. The molecule has 0 fully saturated rings. The summed E-state index contributed by atoms with van der Waals surface area (Å²) in [5.41, 5.74) is 2.05. The van der Waals surface area contributed by atoms with Crippen molar-refractivity contribution in [3.63, 3.8) is 0 Å². The van der Waals surface area contributed by atoms with Crippen LogP contribution in [0.4, 0.5) is 0 Å². The van der Waals surface area contributed by atoms with E-state index in [2.05, 4.69) is 13.8 Å². The lowest BCUT2D eigenvalue weighted by Gasteiger charge is -2.15. The molecule has 84 valence electrons. The Morgan fingerprint density at radius 2 is 1.47 bits per heavy atom. The van der Waals surface area contributed by atoms with Gasteiger partial charge in [-0.15, -0.1) is 0 Å². The van der Waals surface area contributed by atoms with Crippen LogP contribution in [0.5, 0.6) is 0 Å². The van der Waals surface area contributed by atoms with E-state index in [0.29, 0.717) is 5.92 Å². The van der Waals surface area contributed by atoms with Crippen LogP contribution in [0, 0.1) is 0 Å². The third-order valence-electron chi connectivity index (χ3n) is 2.92. The largest absolute Gasteiger partial charge is 0.390 e. The van der Waals surface area contributed by atoms with Crippen LogP contribution in [0.25, 0.3) is 0 Å². The molecule has 0 amide bonds. The minimum Gasteiger partial charge on any atom is -0.390 e. The van der Waals surface area contributed by atoms with E-state index < -0.39 is 12.2 Å². The number of aliphatic hydroxyl groups is 2. The van der Waals surface area contributed by atoms with Gasteiger partial charge in [-0.3, -0.25) is 0 Å². The molecule has 0 radical (unpaired) electrons. The number of benzene rings is 1. The maximum absolute atomic E-state index is 9.63. The highest BCUT2D eigenvalue weighted by Gasteiger charge is 2.13. The molecule has 2 heteroatoms. The summed E-state index contributed by atoms with van der Waals surface area (Å²) in [4.78, 5) is 0. The minimum absolute atomic E-state index is 0.544. The standard InChI is InChI=1S/C13H20O2/c1-4-9(2)11-5-7-12(8-6-11)13(15)10(3)14/h5-10,13-15H,4H2,1-3H3/t9-,10+,13+/m0/s1. The van der Waals surface area contributed by atoms with Gasteiger partial charge in [-0.2, -0.15) is 0 Å². The maximum Gasteiger partial charge on any atom is 0.105 e. The summed E-state index contributed by atoms with van der Waals surface area (Å²) in [7, 11) is 0. The molecule has 0 aromatic heterocycles. The van der Waals surface area contributed by atoms with Gasteiger partial charge in [0.15, 0.2) is 0 Å². The average Bonchev–Trinajstić information content (AvgIpc) is 2.27. The fourth-order valence-corrected chi connectivity index (χ4v) is 1.54. The molecule has 0 aliphatic carbocycles. The first-order chi connectivity index (χ1) is 7.06. The zero-order valence-corrected chi connectivity index (χ0v) is 9.64. The van der Waals surface area contributed by atoms with Crippen molar-refractivity contribution in [1.82, 2.24) is 0 Å². The highest BCUT2D eigenvalue weighted by molar-refractivity contribution is 5.26. The summed E-state index contributed by atoms with van der Waals surface area (Å²) in [5.74, 6) is 0.544. The lowest BCUT2D eigenvalue weighted by Crippen LogP contribution is -2.13. The Balaban J connectivity index is 2.80. The second-order valence-corrected chi connectivity index (χ2v) is 4.16. The molecule has 0 aliphatic heterocycles. The molecular weight excluding hydrogens is 188 g/mol. The lowest BCUT2D eigenvalue weighted by molar-refractivity contribution is 0.0305. The first-order valence-electron chi connectivity index (χ1n) is 5.52. The topological polar surface area (TPSA) is 40.5 Å². The number of aliphatic hydroxyl groups excluding tert-OH is 2. The van der Waals surface area contributed by atoms with Crippen LogP contribution in [0.3, 0.4) is 0 Å². The Hall–Kier alpha value is -0.860. The van der Waals surface area contributed by atoms with Crippen molar-refractivity contribution in [1.29, 1.82) is 0 Å². The molecule has 1 aromatic rings. The van der Waals surface area contributed by atoms with Crippen molar-refractivity contribution in [2.75, 3.05) is 0 Å². The molecule has 2 N–H and O–H groups in total. The van der Waals surface area contributed by atoms with Gasteiger partial charge in [-0.05, 0) is 30.4 Å². The molecule has 1 rings (SSSR count). The SMILES string of the molecule is CC[C@H](C)c1ccc([C@H](O)[C@@H](C)O)cc1. The van der Waals surface area contributed by atoms with Crippen LogP contribution >= 0.6 is 0 Å². The third kappa shape index (κ3) is 3.05. The summed E-state index contributed by atoms with van der Waals surface area (Å²) in [6, 6.07) is 7.82. The van der Waals surface area contributed by atoms with E-state index in [9.17, 15) is 10.2 Å². The van der Waals surface area contributed by atoms with Gasteiger partial charge >= 0.3 is 0 Å². The van der Waals surface area contributed by atoms with E-state index in [4.69, 9.17) is 0 Å². The van der Waals surface area contributed by atoms with Crippen LogP contribution in [0.2, 0.25) is 0 Å². The van der Waals surface area contributed by atoms with E-state index in [1.807, 2.05) is 24.3 Å². The van der Waals surface area contributed by atoms with Gasteiger partial charge in [-0.25, -0.2) is 0 Å². The van der Waals surface area contributed by atoms with Gasteiger partial charge in [0.25, 0.3) is 0 Å². The molecule has 0 bridgehead atoms. The predicted molar refractivity (Wildman–Crippen MR) is 61.8 cm³/mol. The Morgan fingerprint density at radius 1 is 1.00 bits per heavy atom. The number of hydrogen-bond acceptors (Lipinski definition) is 2. The van der Waals surface area contributed by atoms with E-state index >= 15 is 0 Å². The van der Waals surface area contributed by atoms with Crippen LogP contribution in [0.15, 0.2) is 24.3 Å². The van der Waals surface area contributed by atoms with E-state index in [0.717, 1.165) is 12.0 Å². The zero-order valence-electron chi connectivity index (χ0n) is 9.64. The maximum atomic E-state index is 9.63. The van der Waals surface area contributed by atoms with Crippen LogP contribution in [-0.4, -0.2) is 16.3 Å². The third-order valence-corrected chi connectivity index (χ3v) is 2.92. The van der Waals surface area contributed by atoms with Crippen molar-refractivity contribution < 1.29 is 10.2 Å². The minimum atomic E-state index is -0.781. The van der Waals surface area contributed by atoms with E-state index in [-0.39, 0.29) is 0 Å². The van der Waals surface area contributed by atoms with Gasteiger partial charge in [0.05, 0.1) is 6.10 Å². The lowest BCUT2D eigenvalue weighted by atomic mass is 9.96. The van der Waals surface area contributed by atoms with Crippen molar-refractivity contribution in [3.8, 4) is 0 Å². The molecule has 1 aromatic carbocycles. The van der Waals surface area contributed by atoms with Gasteiger partial charge in [0.2, 0.25) is 0 Å². The molecule has 0 spiro atoms. The molecule has 2 nitrogen and oxygen atoms in total. The fraction of sp³-hybridized carbons (Fsp3) is 0.538. The van der Waals surface area contributed by atoms with E-state index in [1.54, 1.807) is 6.92 Å². The van der Waals surface area contributed by atoms with Crippen LogP contribution in [0.1, 0.15) is 50.3 Å². The van der Waals surface area contributed by atoms with E-state index in [1.165, 1.54) is 5.56 Å². The Labute approximate surface area is 91.6 Å². The Kier molecular flexibility index (Phi) is 4.30. The highest BCUT2D eigenvalue weighted by Crippen LogP contribution is 2.22. The Bertz CT molecular complexity index is 290. The summed E-state index contributed by atoms with van der Waals surface area (Å²) < 4.78 is 0. The van der Waals surface area contributed by atoms with Crippen molar-refractivity contribution in [2.45, 2.75) is 45.3 Å².